The third kappa shape index (κ3) is 5.23. The van der Waals surface area contributed by atoms with Crippen LogP contribution in [-0.4, -0.2) is 18.0 Å². The molecule has 1 aliphatic heterocycles. The maximum absolute atomic E-state index is 4.57. The summed E-state index contributed by atoms with van der Waals surface area (Å²) in [4.78, 5) is 2.39. The summed E-state index contributed by atoms with van der Waals surface area (Å²) >= 11 is 0. The van der Waals surface area contributed by atoms with Crippen molar-refractivity contribution in [3.8, 4) is 0 Å². The monoisotopic (exact) mass is 496 g/mol. The third-order valence-electron chi connectivity index (χ3n) is 8.24. The van der Waals surface area contributed by atoms with Gasteiger partial charge in [0.2, 0.25) is 0 Å². The van der Waals surface area contributed by atoms with Gasteiger partial charge in [-0.25, -0.2) is 0 Å². The van der Waals surface area contributed by atoms with Gasteiger partial charge in [0.1, 0.15) is 0 Å². The van der Waals surface area contributed by atoms with Crippen molar-refractivity contribution in [2.45, 2.75) is 32.4 Å². The van der Waals surface area contributed by atoms with Gasteiger partial charge in [0.15, 0.2) is 0 Å². The van der Waals surface area contributed by atoms with Gasteiger partial charge in [-0.1, -0.05) is 122 Å². The first kappa shape index (κ1) is 24.5. The fraction of sp³-hybridized carbons (Fsp3) is 0.222. The summed E-state index contributed by atoms with van der Waals surface area (Å²) in [6.07, 6.45) is 6.15. The number of nitrogens with zero attached hydrogens (tertiary/aromatic N) is 1. The van der Waals surface area contributed by atoms with Crippen LogP contribution in [0.25, 0.3) is 11.3 Å². The lowest BCUT2D eigenvalue weighted by molar-refractivity contribution is 0.268. The number of fused-ring (bicyclic) bond motifs is 1. The summed E-state index contributed by atoms with van der Waals surface area (Å²) in [7, 11) is 0. The SMILES string of the molecule is C=C(c1ccc(C2=CC3(CCNCC3)Cc3ccccc32)cc1)N(Cc1ccccc1)Cc1ccccc1. The van der Waals surface area contributed by atoms with Crippen LogP contribution >= 0.6 is 0 Å². The predicted molar refractivity (Wildman–Crippen MR) is 159 cm³/mol. The van der Waals surface area contributed by atoms with E-state index in [2.05, 4.69) is 132 Å². The van der Waals surface area contributed by atoms with Crippen LogP contribution in [0.1, 0.15) is 46.2 Å². The van der Waals surface area contributed by atoms with Gasteiger partial charge in [0.25, 0.3) is 0 Å². The zero-order valence-electron chi connectivity index (χ0n) is 22.1. The molecule has 1 aliphatic carbocycles. The molecule has 1 heterocycles. The Morgan fingerprint density at radius 2 is 1.29 bits per heavy atom. The number of nitrogens with one attached hydrogen (secondary N) is 1. The molecule has 0 aromatic heterocycles. The second-order valence-electron chi connectivity index (χ2n) is 10.9. The highest BCUT2D eigenvalue weighted by Crippen LogP contribution is 2.44. The molecule has 2 nitrogen and oxygen atoms in total. The van der Waals surface area contributed by atoms with E-state index in [1.54, 1.807) is 0 Å². The normalized spacial score (nSPS) is 15.9. The Kier molecular flexibility index (Phi) is 6.98. The smallest absolute Gasteiger partial charge is 0.0433 e. The van der Waals surface area contributed by atoms with Crippen molar-refractivity contribution in [1.82, 2.24) is 10.2 Å². The highest BCUT2D eigenvalue weighted by atomic mass is 15.1. The Bertz CT molecular complexity index is 1370. The Morgan fingerprint density at radius 1 is 0.711 bits per heavy atom. The summed E-state index contributed by atoms with van der Waals surface area (Å²) in [5, 5.41) is 3.56. The Hall–Kier alpha value is -3.88. The summed E-state index contributed by atoms with van der Waals surface area (Å²) in [5.74, 6) is 0. The van der Waals surface area contributed by atoms with Crippen LogP contribution in [0, 0.1) is 5.41 Å². The summed E-state index contributed by atoms with van der Waals surface area (Å²) < 4.78 is 0. The minimum atomic E-state index is 0.263. The van der Waals surface area contributed by atoms with Crippen molar-refractivity contribution in [2.75, 3.05) is 13.1 Å². The van der Waals surface area contributed by atoms with Gasteiger partial charge in [-0.2, -0.15) is 0 Å². The number of piperidine rings is 1. The zero-order valence-corrected chi connectivity index (χ0v) is 22.1. The molecule has 0 unspecified atom stereocenters. The van der Waals surface area contributed by atoms with Gasteiger partial charge < -0.3 is 10.2 Å². The highest BCUT2D eigenvalue weighted by molar-refractivity contribution is 5.84. The van der Waals surface area contributed by atoms with Crippen LogP contribution < -0.4 is 5.32 Å². The summed E-state index contributed by atoms with van der Waals surface area (Å²) in [6, 6.07) is 39.5. The molecule has 1 fully saturated rings. The first-order valence-electron chi connectivity index (χ1n) is 13.8. The highest BCUT2D eigenvalue weighted by Gasteiger charge is 2.35. The van der Waals surface area contributed by atoms with Gasteiger partial charge >= 0.3 is 0 Å². The molecule has 6 rings (SSSR count). The van der Waals surface area contributed by atoms with Crippen LogP contribution in [0.5, 0.6) is 0 Å². The van der Waals surface area contributed by atoms with E-state index < -0.39 is 0 Å². The van der Waals surface area contributed by atoms with Gasteiger partial charge in [0.05, 0.1) is 0 Å². The lowest BCUT2D eigenvalue weighted by Crippen LogP contribution is -2.38. The van der Waals surface area contributed by atoms with Crippen LogP contribution in [-0.2, 0) is 19.5 Å². The number of hydrogen-bond donors (Lipinski definition) is 1. The van der Waals surface area contributed by atoms with Crippen molar-refractivity contribution in [1.29, 1.82) is 0 Å². The molecule has 0 amide bonds. The molecule has 1 saturated heterocycles. The van der Waals surface area contributed by atoms with Crippen molar-refractivity contribution < 1.29 is 0 Å². The average Bonchev–Trinajstić information content (AvgIpc) is 2.98. The van der Waals surface area contributed by atoms with Crippen molar-refractivity contribution in [2.24, 2.45) is 5.41 Å². The van der Waals surface area contributed by atoms with Gasteiger partial charge in [-0.05, 0) is 76.7 Å². The maximum Gasteiger partial charge on any atom is 0.0433 e. The molecule has 0 atom stereocenters. The van der Waals surface area contributed by atoms with Crippen LogP contribution in [0.3, 0.4) is 0 Å². The van der Waals surface area contributed by atoms with E-state index in [1.807, 2.05) is 0 Å². The predicted octanol–water partition coefficient (Wildman–Crippen LogP) is 7.72. The molecular weight excluding hydrogens is 460 g/mol. The first-order chi connectivity index (χ1) is 18.7. The Labute approximate surface area is 227 Å². The zero-order chi connectivity index (χ0) is 25.8. The molecule has 0 saturated carbocycles. The second-order valence-corrected chi connectivity index (χ2v) is 10.9. The first-order valence-corrected chi connectivity index (χ1v) is 13.8. The molecule has 38 heavy (non-hydrogen) atoms. The van der Waals surface area contributed by atoms with E-state index >= 15 is 0 Å². The number of allylic oxidation sites excluding steroid dienone is 1. The van der Waals surface area contributed by atoms with E-state index in [-0.39, 0.29) is 5.41 Å². The second kappa shape index (κ2) is 10.8. The standard InChI is InChI=1S/C36H36N2/c1-28(38(26-29-10-4-2-5-11-29)27-30-12-6-3-7-13-30)31-16-18-32(19-17-31)35-25-36(20-22-37-23-21-36)24-33-14-8-9-15-34(33)35/h2-19,25,37H,1,20-24,26-27H2. The van der Waals surface area contributed by atoms with E-state index in [0.29, 0.717) is 0 Å². The van der Waals surface area contributed by atoms with E-state index in [0.717, 1.165) is 38.3 Å². The maximum atomic E-state index is 4.57. The van der Waals surface area contributed by atoms with E-state index in [1.165, 1.54) is 51.8 Å². The van der Waals surface area contributed by atoms with Gasteiger partial charge in [-0.15, -0.1) is 0 Å². The molecule has 4 aromatic rings. The third-order valence-corrected chi connectivity index (χ3v) is 8.24. The molecule has 2 aliphatic rings. The number of rotatable bonds is 7. The summed E-state index contributed by atoms with van der Waals surface area (Å²) in [6.45, 7) is 8.42. The average molecular weight is 497 g/mol. The van der Waals surface area contributed by atoms with E-state index in [9.17, 15) is 0 Å². The van der Waals surface area contributed by atoms with Crippen LogP contribution in [0.2, 0.25) is 0 Å². The molecular formula is C36H36N2. The topological polar surface area (TPSA) is 15.3 Å². The lowest BCUT2D eigenvalue weighted by Gasteiger charge is -2.40. The molecule has 1 N–H and O–H groups in total. The molecule has 0 bridgehead atoms. The Balaban J connectivity index is 1.30. The van der Waals surface area contributed by atoms with Crippen molar-refractivity contribution in [3.05, 3.63) is 155 Å². The Morgan fingerprint density at radius 3 is 1.92 bits per heavy atom. The number of benzene rings is 4. The van der Waals surface area contributed by atoms with E-state index in [4.69, 9.17) is 0 Å². The fourth-order valence-corrected chi connectivity index (χ4v) is 6.12. The van der Waals surface area contributed by atoms with Crippen molar-refractivity contribution in [3.63, 3.8) is 0 Å². The lowest BCUT2D eigenvalue weighted by atomic mass is 9.67. The summed E-state index contributed by atoms with van der Waals surface area (Å²) in [5.41, 5.74) is 10.6. The molecule has 2 heteroatoms. The molecule has 1 spiro atoms. The molecule has 0 radical (unpaired) electrons. The van der Waals surface area contributed by atoms with Gasteiger partial charge in [-0.3, -0.25) is 0 Å². The largest absolute Gasteiger partial charge is 0.363 e. The quantitative estimate of drug-likeness (QED) is 0.282. The molecule has 4 aromatic carbocycles. The van der Waals surface area contributed by atoms with Crippen LogP contribution in [0.15, 0.2) is 122 Å². The molecule has 190 valence electrons. The number of hydrogen-bond acceptors (Lipinski definition) is 2. The van der Waals surface area contributed by atoms with Crippen molar-refractivity contribution >= 4 is 11.3 Å². The van der Waals surface area contributed by atoms with Crippen LogP contribution in [0.4, 0.5) is 0 Å². The minimum absolute atomic E-state index is 0.263. The van der Waals surface area contributed by atoms with Gasteiger partial charge in [0, 0.05) is 18.8 Å². The fourth-order valence-electron chi connectivity index (χ4n) is 6.12. The minimum Gasteiger partial charge on any atom is -0.363 e.